The number of aromatic nitrogens is 2. The van der Waals surface area contributed by atoms with E-state index in [9.17, 15) is 4.79 Å². The monoisotopic (exact) mass is 273 g/mol. The Kier molecular flexibility index (Phi) is 4.77. The number of hydrogen-bond acceptors (Lipinski definition) is 2. The topological polar surface area (TPSA) is 38.1 Å². The average Bonchev–Trinajstić information content (AvgIpc) is 2.83. The molecular weight excluding hydrogens is 250 g/mol. The summed E-state index contributed by atoms with van der Waals surface area (Å²) in [6.07, 6.45) is 6.48. The summed E-state index contributed by atoms with van der Waals surface area (Å²) in [5.41, 5.74) is 2.64. The van der Waals surface area contributed by atoms with E-state index in [1.54, 1.807) is 11.2 Å². The third-order valence-electron chi connectivity index (χ3n) is 3.67. The normalized spacial score (nSPS) is 10.9. The van der Waals surface area contributed by atoms with Gasteiger partial charge in [-0.05, 0) is 24.6 Å². The molecule has 0 bridgehead atoms. The molecule has 0 aliphatic rings. The zero-order valence-electron chi connectivity index (χ0n) is 12.6. The number of carbonyl (C=O) groups excluding carboxylic acids is 1. The molecule has 20 heavy (non-hydrogen) atoms. The lowest BCUT2D eigenvalue weighted by Crippen LogP contribution is -2.27. The highest BCUT2D eigenvalue weighted by atomic mass is 16.2. The van der Waals surface area contributed by atoms with Crippen LogP contribution in [-0.4, -0.2) is 34.0 Å². The lowest BCUT2D eigenvalue weighted by Gasteiger charge is -2.17. The number of rotatable bonds is 6. The van der Waals surface area contributed by atoms with E-state index in [1.807, 2.05) is 36.9 Å². The first-order chi connectivity index (χ1) is 9.63. The number of amides is 1. The minimum absolute atomic E-state index is 0.0778. The summed E-state index contributed by atoms with van der Waals surface area (Å²) in [7, 11) is 3.83. The van der Waals surface area contributed by atoms with E-state index < -0.39 is 0 Å². The molecule has 0 spiro atoms. The Balaban J connectivity index is 2.02. The second-order valence-corrected chi connectivity index (χ2v) is 5.35. The Morgan fingerprint density at radius 1 is 1.30 bits per heavy atom. The van der Waals surface area contributed by atoms with Gasteiger partial charge >= 0.3 is 0 Å². The van der Waals surface area contributed by atoms with Crippen molar-refractivity contribution in [2.75, 3.05) is 13.6 Å². The Morgan fingerprint density at radius 3 is 2.85 bits per heavy atom. The standard InChI is InChI=1S/C16H23N3O/c1-4-5-6-7-10-18(2)16(20)13-8-9-15-14(11-13)17-12-19(15)3/h8-9,11-12H,4-7,10H2,1-3H3. The Hall–Kier alpha value is -1.84. The van der Waals surface area contributed by atoms with Crippen molar-refractivity contribution in [1.29, 1.82) is 0 Å². The quantitative estimate of drug-likeness (QED) is 0.758. The summed E-state index contributed by atoms with van der Waals surface area (Å²) in [4.78, 5) is 18.5. The van der Waals surface area contributed by atoms with E-state index in [4.69, 9.17) is 0 Å². The van der Waals surface area contributed by atoms with E-state index in [1.165, 1.54) is 19.3 Å². The first-order valence-electron chi connectivity index (χ1n) is 7.30. The number of fused-ring (bicyclic) bond motifs is 1. The summed E-state index contributed by atoms with van der Waals surface area (Å²) < 4.78 is 1.96. The fourth-order valence-corrected chi connectivity index (χ4v) is 2.37. The lowest BCUT2D eigenvalue weighted by molar-refractivity contribution is 0.0792. The van der Waals surface area contributed by atoms with E-state index in [2.05, 4.69) is 11.9 Å². The molecular formula is C16H23N3O. The Bertz CT molecular complexity index is 588. The molecule has 0 saturated heterocycles. The molecule has 0 aliphatic heterocycles. The lowest BCUT2D eigenvalue weighted by atomic mass is 10.1. The average molecular weight is 273 g/mol. The predicted octanol–water partition coefficient (Wildman–Crippen LogP) is 3.23. The van der Waals surface area contributed by atoms with Crippen LogP contribution in [0, 0.1) is 0 Å². The van der Waals surface area contributed by atoms with Crippen LogP contribution >= 0.6 is 0 Å². The molecule has 1 aromatic carbocycles. The number of unbranched alkanes of at least 4 members (excludes halogenated alkanes) is 3. The number of aryl methyl sites for hydroxylation is 1. The van der Waals surface area contributed by atoms with Crippen molar-refractivity contribution >= 4 is 16.9 Å². The molecule has 0 fully saturated rings. The zero-order valence-corrected chi connectivity index (χ0v) is 12.6. The van der Waals surface area contributed by atoms with Gasteiger partial charge in [-0.3, -0.25) is 4.79 Å². The van der Waals surface area contributed by atoms with E-state index >= 15 is 0 Å². The van der Waals surface area contributed by atoms with Gasteiger partial charge in [0.2, 0.25) is 0 Å². The molecule has 0 aliphatic carbocycles. The Labute approximate surface area is 120 Å². The van der Waals surface area contributed by atoms with Crippen LogP contribution in [-0.2, 0) is 7.05 Å². The van der Waals surface area contributed by atoms with Gasteiger partial charge in [0.15, 0.2) is 0 Å². The van der Waals surface area contributed by atoms with Crippen molar-refractivity contribution in [3.05, 3.63) is 30.1 Å². The van der Waals surface area contributed by atoms with Gasteiger partial charge in [0, 0.05) is 26.2 Å². The van der Waals surface area contributed by atoms with E-state index in [0.717, 1.165) is 24.0 Å². The summed E-state index contributed by atoms with van der Waals surface area (Å²) in [5.74, 6) is 0.0778. The van der Waals surface area contributed by atoms with Crippen LogP contribution in [0.5, 0.6) is 0 Å². The summed E-state index contributed by atoms with van der Waals surface area (Å²) in [5, 5.41) is 0. The van der Waals surface area contributed by atoms with Crippen LogP contribution < -0.4 is 0 Å². The SMILES string of the molecule is CCCCCCN(C)C(=O)c1ccc2c(c1)ncn2C. The smallest absolute Gasteiger partial charge is 0.253 e. The molecule has 0 unspecified atom stereocenters. The largest absolute Gasteiger partial charge is 0.342 e. The van der Waals surface area contributed by atoms with Crippen LogP contribution in [0.1, 0.15) is 43.0 Å². The fraction of sp³-hybridized carbons (Fsp3) is 0.500. The highest BCUT2D eigenvalue weighted by Gasteiger charge is 2.12. The van der Waals surface area contributed by atoms with Crippen LogP contribution in [0.4, 0.5) is 0 Å². The van der Waals surface area contributed by atoms with Gasteiger partial charge < -0.3 is 9.47 Å². The van der Waals surface area contributed by atoms with Gasteiger partial charge in [-0.2, -0.15) is 0 Å². The summed E-state index contributed by atoms with van der Waals surface area (Å²) in [6, 6.07) is 5.72. The molecule has 1 aromatic heterocycles. The minimum atomic E-state index is 0.0778. The van der Waals surface area contributed by atoms with Crippen LogP contribution in [0.15, 0.2) is 24.5 Å². The van der Waals surface area contributed by atoms with E-state index in [-0.39, 0.29) is 5.91 Å². The number of imidazole rings is 1. The van der Waals surface area contributed by atoms with Crippen molar-refractivity contribution < 1.29 is 4.79 Å². The third-order valence-corrected chi connectivity index (χ3v) is 3.67. The maximum atomic E-state index is 12.4. The molecule has 2 rings (SSSR count). The van der Waals surface area contributed by atoms with Crippen molar-refractivity contribution in [1.82, 2.24) is 14.5 Å². The summed E-state index contributed by atoms with van der Waals surface area (Å²) in [6.45, 7) is 3.01. The maximum Gasteiger partial charge on any atom is 0.253 e. The molecule has 0 radical (unpaired) electrons. The molecule has 2 aromatic rings. The number of carbonyl (C=O) groups is 1. The van der Waals surface area contributed by atoms with Crippen LogP contribution in [0.2, 0.25) is 0 Å². The molecule has 4 heteroatoms. The molecule has 108 valence electrons. The zero-order chi connectivity index (χ0) is 14.5. The van der Waals surface area contributed by atoms with Crippen molar-refractivity contribution in [2.24, 2.45) is 7.05 Å². The third kappa shape index (κ3) is 3.18. The molecule has 1 heterocycles. The molecule has 0 saturated carbocycles. The highest BCUT2D eigenvalue weighted by Crippen LogP contribution is 2.15. The highest BCUT2D eigenvalue weighted by molar-refractivity contribution is 5.97. The van der Waals surface area contributed by atoms with Crippen LogP contribution in [0.25, 0.3) is 11.0 Å². The molecule has 0 N–H and O–H groups in total. The number of nitrogens with zero attached hydrogens (tertiary/aromatic N) is 3. The van der Waals surface area contributed by atoms with Gasteiger partial charge in [0.05, 0.1) is 17.4 Å². The first kappa shape index (κ1) is 14.6. The second-order valence-electron chi connectivity index (χ2n) is 5.35. The number of hydrogen-bond donors (Lipinski definition) is 0. The van der Waals surface area contributed by atoms with Crippen LogP contribution in [0.3, 0.4) is 0 Å². The number of benzene rings is 1. The van der Waals surface area contributed by atoms with Crippen molar-refractivity contribution in [2.45, 2.75) is 32.6 Å². The van der Waals surface area contributed by atoms with Gasteiger partial charge in [-0.15, -0.1) is 0 Å². The predicted molar refractivity (Wildman–Crippen MR) is 81.8 cm³/mol. The fourth-order valence-electron chi connectivity index (χ4n) is 2.37. The minimum Gasteiger partial charge on any atom is -0.342 e. The molecule has 1 amide bonds. The molecule has 4 nitrogen and oxygen atoms in total. The first-order valence-corrected chi connectivity index (χ1v) is 7.30. The summed E-state index contributed by atoms with van der Waals surface area (Å²) >= 11 is 0. The van der Waals surface area contributed by atoms with Gasteiger partial charge in [-0.25, -0.2) is 4.98 Å². The van der Waals surface area contributed by atoms with Crippen molar-refractivity contribution in [3.8, 4) is 0 Å². The van der Waals surface area contributed by atoms with Crippen molar-refractivity contribution in [3.63, 3.8) is 0 Å². The maximum absolute atomic E-state index is 12.4. The van der Waals surface area contributed by atoms with Gasteiger partial charge in [0.25, 0.3) is 5.91 Å². The van der Waals surface area contributed by atoms with E-state index in [0.29, 0.717) is 5.56 Å². The van der Waals surface area contributed by atoms with Gasteiger partial charge in [0.1, 0.15) is 0 Å². The Morgan fingerprint density at radius 2 is 2.10 bits per heavy atom. The molecule has 0 atom stereocenters. The van der Waals surface area contributed by atoms with Gasteiger partial charge in [-0.1, -0.05) is 26.2 Å². The second kappa shape index (κ2) is 6.55.